The van der Waals surface area contributed by atoms with Gasteiger partial charge in [-0.25, -0.2) is 0 Å². The van der Waals surface area contributed by atoms with Crippen molar-refractivity contribution in [3.63, 3.8) is 0 Å². The molecule has 0 bridgehead atoms. The fourth-order valence-electron chi connectivity index (χ4n) is 3.24. The summed E-state index contributed by atoms with van der Waals surface area (Å²) in [6.07, 6.45) is -0.994. The first-order valence-electron chi connectivity index (χ1n) is 9.02. The second-order valence-electron chi connectivity index (χ2n) is 7.03. The average Bonchev–Trinajstić information content (AvgIpc) is 2.60. The highest BCUT2D eigenvalue weighted by Gasteiger charge is 2.33. The van der Waals surface area contributed by atoms with E-state index in [9.17, 15) is 18.3 Å². The fourth-order valence-corrected chi connectivity index (χ4v) is 3.46. The molecule has 0 radical (unpaired) electrons. The minimum atomic E-state index is -4.53. The lowest BCUT2D eigenvalue weighted by Crippen LogP contribution is -2.12. The van der Waals surface area contributed by atoms with Crippen LogP contribution < -0.4 is 4.90 Å². The highest BCUT2D eigenvalue weighted by molar-refractivity contribution is 6.31. The van der Waals surface area contributed by atoms with Crippen molar-refractivity contribution < 1.29 is 18.3 Å². The van der Waals surface area contributed by atoms with Gasteiger partial charge in [0.15, 0.2) is 0 Å². The Morgan fingerprint density at radius 2 is 1.79 bits per heavy atom. The van der Waals surface area contributed by atoms with Crippen molar-refractivity contribution >= 4 is 23.4 Å². The largest absolute Gasteiger partial charge is 0.417 e. The second kappa shape index (κ2) is 8.58. The van der Waals surface area contributed by atoms with Gasteiger partial charge >= 0.3 is 6.18 Å². The number of benzene rings is 2. The second-order valence-corrected chi connectivity index (χ2v) is 7.44. The van der Waals surface area contributed by atoms with Crippen LogP contribution in [0.15, 0.2) is 30.3 Å². The van der Waals surface area contributed by atoms with E-state index in [1.807, 2.05) is 51.9 Å². The zero-order valence-electron chi connectivity index (χ0n) is 16.7. The molecule has 1 unspecified atom stereocenters. The lowest BCUT2D eigenvalue weighted by Gasteiger charge is -2.23. The van der Waals surface area contributed by atoms with Crippen molar-refractivity contribution in [2.24, 2.45) is 0 Å². The number of anilines is 1. The van der Waals surface area contributed by atoms with Crippen LogP contribution in [0.5, 0.6) is 0 Å². The first kappa shape index (κ1) is 22.3. The summed E-state index contributed by atoms with van der Waals surface area (Å²) in [7, 11) is 3.78. The summed E-state index contributed by atoms with van der Waals surface area (Å²) < 4.78 is 40.0. The molecule has 0 amide bonds. The van der Waals surface area contributed by atoms with Gasteiger partial charge in [-0.05, 0) is 66.3 Å². The lowest BCUT2D eigenvalue weighted by atomic mass is 9.89. The number of rotatable bonds is 5. The quantitative estimate of drug-likeness (QED) is 0.607. The maximum Gasteiger partial charge on any atom is 0.417 e. The molecular formula is C22H25ClF3NO. The van der Waals surface area contributed by atoms with Gasteiger partial charge in [0.1, 0.15) is 0 Å². The van der Waals surface area contributed by atoms with E-state index in [1.165, 1.54) is 6.07 Å². The maximum absolute atomic E-state index is 13.3. The average molecular weight is 412 g/mol. The van der Waals surface area contributed by atoms with E-state index in [2.05, 4.69) is 0 Å². The standard InChI is InChI=1S/C22H25ClF3NO/c1-6-17(28)9-7-15-12-20(27(4)5)14(3)21(13(15)2)16-8-10-19(23)18(11-16)22(24,25)26/h7-12,17,28H,6H2,1-5H3. The van der Waals surface area contributed by atoms with E-state index in [-0.39, 0.29) is 5.02 Å². The Kier molecular flexibility index (Phi) is 6.84. The minimum absolute atomic E-state index is 0.318. The van der Waals surface area contributed by atoms with E-state index in [0.29, 0.717) is 12.0 Å². The molecule has 0 aliphatic rings. The smallest absolute Gasteiger partial charge is 0.389 e. The third kappa shape index (κ3) is 4.70. The van der Waals surface area contributed by atoms with Crippen LogP contribution in [0.4, 0.5) is 18.9 Å². The molecule has 2 nitrogen and oxygen atoms in total. The topological polar surface area (TPSA) is 23.5 Å². The molecule has 6 heteroatoms. The molecule has 152 valence electrons. The normalized spacial score (nSPS) is 13.2. The van der Waals surface area contributed by atoms with Gasteiger partial charge in [-0.3, -0.25) is 0 Å². The van der Waals surface area contributed by atoms with Gasteiger partial charge in [0.25, 0.3) is 0 Å². The minimum Gasteiger partial charge on any atom is -0.389 e. The van der Waals surface area contributed by atoms with Crippen molar-refractivity contribution in [3.05, 3.63) is 57.6 Å². The Balaban J connectivity index is 2.76. The molecule has 0 spiro atoms. The van der Waals surface area contributed by atoms with Crippen LogP contribution in [0, 0.1) is 13.8 Å². The summed E-state index contributed by atoms with van der Waals surface area (Å²) in [5.41, 5.74) is 3.82. The highest BCUT2D eigenvalue weighted by Crippen LogP contribution is 2.41. The zero-order valence-corrected chi connectivity index (χ0v) is 17.4. The monoisotopic (exact) mass is 411 g/mol. The summed E-state index contributed by atoms with van der Waals surface area (Å²) in [5.74, 6) is 0. The van der Waals surface area contributed by atoms with E-state index >= 15 is 0 Å². The molecule has 1 N–H and O–H groups in total. The Bertz CT molecular complexity index is 888. The van der Waals surface area contributed by atoms with Crippen molar-refractivity contribution in [2.75, 3.05) is 19.0 Å². The van der Waals surface area contributed by atoms with Crippen LogP contribution in [-0.2, 0) is 6.18 Å². The van der Waals surface area contributed by atoms with E-state index < -0.39 is 17.8 Å². The molecule has 0 saturated heterocycles. The number of alkyl halides is 3. The first-order valence-corrected chi connectivity index (χ1v) is 9.40. The predicted octanol–water partition coefficient (Wildman–Crippen LogP) is 6.49. The summed E-state index contributed by atoms with van der Waals surface area (Å²) >= 11 is 5.79. The van der Waals surface area contributed by atoms with Crippen LogP contribution >= 0.6 is 11.6 Å². The van der Waals surface area contributed by atoms with Crippen molar-refractivity contribution in [2.45, 2.75) is 39.5 Å². The molecule has 2 aromatic carbocycles. The molecule has 2 aromatic rings. The number of hydrogen-bond acceptors (Lipinski definition) is 2. The van der Waals surface area contributed by atoms with Gasteiger partial charge in [0, 0.05) is 19.8 Å². The predicted molar refractivity (Wildman–Crippen MR) is 111 cm³/mol. The van der Waals surface area contributed by atoms with Crippen molar-refractivity contribution in [1.82, 2.24) is 0 Å². The molecule has 0 fully saturated rings. The van der Waals surface area contributed by atoms with Gasteiger partial charge in [-0.2, -0.15) is 13.2 Å². The van der Waals surface area contributed by atoms with Gasteiger partial charge < -0.3 is 10.0 Å². The van der Waals surface area contributed by atoms with Crippen molar-refractivity contribution in [1.29, 1.82) is 0 Å². The van der Waals surface area contributed by atoms with E-state index in [0.717, 1.165) is 34.0 Å². The Morgan fingerprint density at radius 1 is 1.14 bits per heavy atom. The highest BCUT2D eigenvalue weighted by atomic mass is 35.5. The number of aliphatic hydroxyl groups is 1. The van der Waals surface area contributed by atoms with Crippen molar-refractivity contribution in [3.8, 4) is 11.1 Å². The maximum atomic E-state index is 13.3. The van der Waals surface area contributed by atoms with Gasteiger partial charge in [-0.15, -0.1) is 0 Å². The molecule has 1 atom stereocenters. The van der Waals surface area contributed by atoms with Gasteiger partial charge in [-0.1, -0.05) is 36.7 Å². The third-order valence-electron chi connectivity index (χ3n) is 4.82. The van der Waals surface area contributed by atoms with Crippen LogP contribution in [0.3, 0.4) is 0 Å². The molecule has 0 aliphatic carbocycles. The Morgan fingerprint density at radius 3 is 2.32 bits per heavy atom. The summed E-state index contributed by atoms with van der Waals surface area (Å²) in [6.45, 7) is 5.65. The molecular weight excluding hydrogens is 387 g/mol. The van der Waals surface area contributed by atoms with Gasteiger partial charge in [0.05, 0.1) is 16.7 Å². The molecule has 2 rings (SSSR count). The SMILES string of the molecule is CCC(O)C=Cc1cc(N(C)C)c(C)c(-c2ccc(Cl)c(C(F)(F)F)c2)c1C. The van der Waals surface area contributed by atoms with Crippen LogP contribution in [-0.4, -0.2) is 25.3 Å². The molecule has 0 saturated carbocycles. The number of aliphatic hydroxyl groups excluding tert-OH is 1. The van der Waals surface area contributed by atoms with Crippen LogP contribution in [0.2, 0.25) is 5.02 Å². The Labute approximate surface area is 169 Å². The number of nitrogens with zero attached hydrogens (tertiary/aromatic N) is 1. The van der Waals surface area contributed by atoms with Crippen LogP contribution in [0.25, 0.3) is 17.2 Å². The summed E-state index contributed by atoms with van der Waals surface area (Å²) in [6, 6.07) is 5.98. The van der Waals surface area contributed by atoms with Gasteiger partial charge in [0.2, 0.25) is 0 Å². The van der Waals surface area contributed by atoms with E-state index in [1.54, 1.807) is 12.1 Å². The number of halogens is 4. The zero-order chi connectivity index (χ0) is 21.2. The first-order chi connectivity index (χ1) is 13.0. The summed E-state index contributed by atoms with van der Waals surface area (Å²) in [5, 5.41) is 9.53. The fraction of sp³-hybridized carbons (Fsp3) is 0.364. The third-order valence-corrected chi connectivity index (χ3v) is 5.15. The molecule has 0 aliphatic heterocycles. The Hall–Kier alpha value is -1.98. The van der Waals surface area contributed by atoms with Crippen LogP contribution in [0.1, 0.15) is 35.6 Å². The van der Waals surface area contributed by atoms with E-state index in [4.69, 9.17) is 11.6 Å². The lowest BCUT2D eigenvalue weighted by molar-refractivity contribution is -0.137. The number of hydrogen-bond donors (Lipinski definition) is 1. The summed E-state index contributed by atoms with van der Waals surface area (Å²) in [4.78, 5) is 1.92. The molecule has 28 heavy (non-hydrogen) atoms. The molecule has 0 heterocycles. The molecule has 0 aromatic heterocycles.